The molecule has 0 bridgehead atoms. The van der Waals surface area contributed by atoms with Crippen LogP contribution in [0.4, 0.5) is 20.6 Å². The SMILES string of the molecule is CN1CCC(N(C)C(=O)NC2(Oc3ccc(NC(=O)C4(C(=O)Nc5ccccc5)CC4)c(F)c3)C=CNC=C2)CC1. The lowest BCUT2D eigenvalue weighted by Gasteiger charge is -2.38. The number of piperidine rings is 1. The molecule has 5 rings (SSSR count). The zero-order chi connectivity index (χ0) is 29.0. The third-order valence-electron chi connectivity index (χ3n) is 7.84. The van der Waals surface area contributed by atoms with E-state index in [1.807, 2.05) is 6.07 Å². The van der Waals surface area contributed by atoms with E-state index >= 15 is 4.39 Å². The fourth-order valence-corrected chi connectivity index (χ4v) is 4.99. The largest absolute Gasteiger partial charge is 0.461 e. The Balaban J connectivity index is 1.24. The van der Waals surface area contributed by atoms with Crippen LogP contribution in [0.15, 0.2) is 73.1 Å². The van der Waals surface area contributed by atoms with Gasteiger partial charge in [-0.25, -0.2) is 9.18 Å². The molecule has 0 spiro atoms. The van der Waals surface area contributed by atoms with E-state index in [1.54, 1.807) is 60.8 Å². The highest BCUT2D eigenvalue weighted by Crippen LogP contribution is 2.47. The first-order valence-electron chi connectivity index (χ1n) is 13.7. The summed E-state index contributed by atoms with van der Waals surface area (Å²) in [4.78, 5) is 42.9. The molecule has 1 saturated heterocycles. The van der Waals surface area contributed by atoms with Gasteiger partial charge in [0.1, 0.15) is 17.0 Å². The quantitative estimate of drug-likeness (QED) is 0.289. The van der Waals surface area contributed by atoms with Crippen molar-refractivity contribution < 1.29 is 23.5 Å². The highest BCUT2D eigenvalue weighted by atomic mass is 19.1. The van der Waals surface area contributed by atoms with Crippen LogP contribution < -0.4 is 26.0 Å². The van der Waals surface area contributed by atoms with Crippen molar-refractivity contribution in [3.8, 4) is 5.75 Å². The summed E-state index contributed by atoms with van der Waals surface area (Å²) >= 11 is 0. The third-order valence-corrected chi connectivity index (χ3v) is 7.84. The molecule has 4 N–H and O–H groups in total. The Hall–Kier alpha value is -4.38. The molecular formula is C30H35FN6O4. The van der Waals surface area contributed by atoms with Crippen LogP contribution in [0.1, 0.15) is 25.7 Å². The van der Waals surface area contributed by atoms with Gasteiger partial charge in [-0.3, -0.25) is 14.9 Å². The van der Waals surface area contributed by atoms with Gasteiger partial charge in [-0.2, -0.15) is 0 Å². The van der Waals surface area contributed by atoms with Crippen molar-refractivity contribution in [2.45, 2.75) is 37.5 Å². The van der Waals surface area contributed by atoms with Gasteiger partial charge >= 0.3 is 6.03 Å². The number of carbonyl (C=O) groups is 3. The molecule has 0 atom stereocenters. The van der Waals surface area contributed by atoms with E-state index in [0.717, 1.165) is 32.0 Å². The number of carbonyl (C=O) groups excluding carboxylic acids is 3. The van der Waals surface area contributed by atoms with Crippen LogP contribution in [0.2, 0.25) is 0 Å². The number of ether oxygens (including phenoxy) is 1. The predicted octanol–water partition coefficient (Wildman–Crippen LogP) is 3.62. The number of hydrogen-bond acceptors (Lipinski definition) is 6. The normalized spacial score (nSPS) is 19.0. The third kappa shape index (κ3) is 6.35. The molecule has 3 aliphatic rings. The molecule has 0 radical (unpaired) electrons. The second-order valence-corrected chi connectivity index (χ2v) is 10.8. The average Bonchev–Trinajstić information content (AvgIpc) is 3.78. The van der Waals surface area contributed by atoms with Crippen molar-refractivity contribution in [2.75, 3.05) is 37.8 Å². The van der Waals surface area contributed by atoms with E-state index in [-0.39, 0.29) is 23.5 Å². The molecule has 2 aliphatic heterocycles. The minimum Gasteiger partial charge on any atom is -0.461 e. The van der Waals surface area contributed by atoms with Gasteiger partial charge in [0.15, 0.2) is 0 Å². The number of rotatable bonds is 8. The van der Waals surface area contributed by atoms with E-state index in [4.69, 9.17) is 4.74 Å². The number of amides is 4. The van der Waals surface area contributed by atoms with Crippen LogP contribution in [0.5, 0.6) is 5.75 Å². The van der Waals surface area contributed by atoms with Gasteiger partial charge in [0.05, 0.1) is 5.69 Å². The minimum absolute atomic E-state index is 0.0717. The van der Waals surface area contributed by atoms with Crippen molar-refractivity contribution in [3.05, 3.63) is 78.9 Å². The average molecular weight is 563 g/mol. The molecule has 216 valence electrons. The number of hydrogen-bond donors (Lipinski definition) is 4. The summed E-state index contributed by atoms with van der Waals surface area (Å²) in [5.74, 6) is -1.58. The summed E-state index contributed by atoms with van der Waals surface area (Å²) in [6.07, 6.45) is 8.99. The monoisotopic (exact) mass is 562 g/mol. The summed E-state index contributed by atoms with van der Waals surface area (Å²) in [6.45, 7) is 1.82. The summed E-state index contributed by atoms with van der Waals surface area (Å²) in [7, 11) is 3.82. The van der Waals surface area contributed by atoms with Gasteiger partial charge in [0.25, 0.3) is 0 Å². The molecular weight excluding hydrogens is 527 g/mol. The Morgan fingerprint density at radius 1 is 1.00 bits per heavy atom. The highest BCUT2D eigenvalue weighted by molar-refractivity contribution is 6.16. The molecule has 11 heteroatoms. The second kappa shape index (κ2) is 11.6. The van der Waals surface area contributed by atoms with Gasteiger partial charge in [0, 0.05) is 49.4 Å². The molecule has 0 aromatic heterocycles. The number of urea groups is 1. The van der Waals surface area contributed by atoms with E-state index in [0.29, 0.717) is 18.5 Å². The van der Waals surface area contributed by atoms with E-state index < -0.39 is 28.8 Å². The van der Waals surface area contributed by atoms with Crippen LogP contribution in [-0.4, -0.2) is 66.6 Å². The van der Waals surface area contributed by atoms with Crippen LogP contribution in [0.25, 0.3) is 0 Å². The minimum atomic E-state index is -1.35. The lowest BCUT2D eigenvalue weighted by Crippen LogP contribution is -2.57. The van der Waals surface area contributed by atoms with Crippen LogP contribution in [-0.2, 0) is 9.59 Å². The Morgan fingerprint density at radius 3 is 2.29 bits per heavy atom. The number of benzene rings is 2. The predicted molar refractivity (Wildman–Crippen MR) is 153 cm³/mol. The Labute approximate surface area is 238 Å². The number of para-hydroxylation sites is 1. The maximum absolute atomic E-state index is 15.2. The molecule has 41 heavy (non-hydrogen) atoms. The number of nitrogens with zero attached hydrogens (tertiary/aromatic N) is 2. The van der Waals surface area contributed by atoms with Crippen LogP contribution in [0, 0.1) is 11.2 Å². The molecule has 0 unspecified atom stereocenters. The Kier molecular flexibility index (Phi) is 7.98. The number of nitrogens with one attached hydrogen (secondary N) is 4. The van der Waals surface area contributed by atoms with Crippen LogP contribution >= 0.6 is 0 Å². The Bertz CT molecular complexity index is 1340. The number of dihydropyridines is 1. The summed E-state index contributed by atoms with van der Waals surface area (Å²) in [5.41, 5.74) is -2.08. The van der Waals surface area contributed by atoms with Crippen molar-refractivity contribution >= 4 is 29.2 Å². The summed E-state index contributed by atoms with van der Waals surface area (Å²) in [6, 6.07) is 12.7. The second-order valence-electron chi connectivity index (χ2n) is 10.8. The lowest BCUT2D eigenvalue weighted by atomic mass is 10.0. The van der Waals surface area contributed by atoms with Crippen molar-refractivity contribution in [1.82, 2.24) is 20.4 Å². The highest BCUT2D eigenvalue weighted by Gasteiger charge is 2.56. The zero-order valence-electron chi connectivity index (χ0n) is 23.2. The van der Waals surface area contributed by atoms with Gasteiger partial charge in [-0.15, -0.1) is 0 Å². The molecule has 4 amide bonds. The molecule has 2 fully saturated rings. The zero-order valence-corrected chi connectivity index (χ0v) is 23.2. The van der Waals surface area contributed by atoms with Crippen LogP contribution in [0.3, 0.4) is 0 Å². The molecule has 2 aromatic rings. The summed E-state index contributed by atoms with van der Waals surface area (Å²) < 4.78 is 21.3. The van der Waals surface area contributed by atoms with Gasteiger partial charge in [0.2, 0.25) is 17.5 Å². The van der Waals surface area contributed by atoms with E-state index in [2.05, 4.69) is 33.2 Å². The van der Waals surface area contributed by atoms with Gasteiger partial charge in [-0.05, 0) is 70.1 Å². The molecule has 2 aromatic carbocycles. The summed E-state index contributed by atoms with van der Waals surface area (Å²) in [5, 5.41) is 11.2. The van der Waals surface area contributed by atoms with Gasteiger partial charge < -0.3 is 30.5 Å². The maximum atomic E-state index is 15.2. The molecule has 2 heterocycles. The van der Waals surface area contributed by atoms with Crippen molar-refractivity contribution in [3.63, 3.8) is 0 Å². The molecule has 1 aliphatic carbocycles. The fraction of sp³-hybridized carbons (Fsp3) is 0.367. The Morgan fingerprint density at radius 2 is 1.66 bits per heavy atom. The fourth-order valence-electron chi connectivity index (χ4n) is 4.99. The first-order valence-corrected chi connectivity index (χ1v) is 13.7. The number of halogens is 1. The number of likely N-dealkylation sites (tertiary alicyclic amines) is 1. The maximum Gasteiger partial charge on any atom is 0.320 e. The first-order chi connectivity index (χ1) is 19.7. The standard InChI is InChI=1S/C30H35FN6O4/c1-36-18-10-22(11-19-36)37(2)28(40)35-30(14-16-32-17-15-30)41-23-8-9-25(24(31)20-23)34-27(39)29(12-13-29)26(38)33-21-6-4-3-5-7-21/h3-9,14-17,20,22,32H,10-13,18-19H2,1-2H3,(H,33,38)(H,34,39)(H,35,40). The smallest absolute Gasteiger partial charge is 0.320 e. The van der Waals surface area contributed by atoms with Gasteiger partial charge in [-0.1, -0.05) is 18.2 Å². The molecule has 1 saturated carbocycles. The first kappa shape index (κ1) is 28.2. The lowest BCUT2D eigenvalue weighted by molar-refractivity contribution is -0.131. The van der Waals surface area contributed by atoms with E-state index in [1.165, 1.54) is 12.1 Å². The topological polar surface area (TPSA) is 115 Å². The van der Waals surface area contributed by atoms with Crippen molar-refractivity contribution in [2.24, 2.45) is 5.41 Å². The number of anilines is 2. The van der Waals surface area contributed by atoms with E-state index in [9.17, 15) is 14.4 Å². The molecule has 10 nitrogen and oxygen atoms in total. The van der Waals surface area contributed by atoms with Crippen molar-refractivity contribution in [1.29, 1.82) is 0 Å².